The van der Waals surface area contributed by atoms with Crippen molar-refractivity contribution in [3.05, 3.63) is 118 Å². The topological polar surface area (TPSA) is 67.6 Å². The molecule has 6 nitrogen and oxygen atoms in total. The number of hydrogen-bond donors (Lipinski definition) is 1. The van der Waals surface area contributed by atoms with Crippen molar-refractivity contribution in [2.75, 3.05) is 19.6 Å². The van der Waals surface area contributed by atoms with Gasteiger partial charge in [0, 0.05) is 44.0 Å². The highest BCUT2D eigenvalue weighted by Gasteiger charge is 2.36. The third-order valence-corrected chi connectivity index (χ3v) is 8.48. The SMILES string of the molecule is CC(=O)OC(c1nccn1-c1ccccc1)C(CCN1CCC(O)(c2ccccc2)CC1)c1ccc(Cl)c(Cl)c1. The summed E-state index contributed by atoms with van der Waals surface area (Å²) in [6, 6.07) is 25.3. The molecule has 3 aromatic carbocycles. The molecule has 0 spiro atoms. The van der Waals surface area contributed by atoms with Gasteiger partial charge in [-0.1, -0.05) is 77.8 Å². The number of carbonyl (C=O) groups excluding carboxylic acids is 1. The summed E-state index contributed by atoms with van der Waals surface area (Å²) in [5, 5.41) is 12.2. The number of nitrogens with zero attached hydrogens (tertiary/aromatic N) is 3. The van der Waals surface area contributed by atoms with E-state index in [9.17, 15) is 9.90 Å². The normalized spacial score (nSPS) is 16.8. The number of benzene rings is 3. The third-order valence-electron chi connectivity index (χ3n) is 7.74. The van der Waals surface area contributed by atoms with E-state index in [-0.39, 0.29) is 11.9 Å². The Morgan fingerprint density at radius 2 is 1.68 bits per heavy atom. The molecule has 0 radical (unpaired) electrons. The lowest BCUT2D eigenvalue weighted by Crippen LogP contribution is -2.43. The van der Waals surface area contributed by atoms with E-state index in [1.54, 1.807) is 12.3 Å². The summed E-state index contributed by atoms with van der Waals surface area (Å²) >= 11 is 12.7. The van der Waals surface area contributed by atoms with Crippen LogP contribution in [0.3, 0.4) is 0 Å². The van der Waals surface area contributed by atoms with E-state index in [0.717, 1.165) is 36.4 Å². The first-order chi connectivity index (χ1) is 19.3. The van der Waals surface area contributed by atoms with Gasteiger partial charge >= 0.3 is 5.97 Å². The molecule has 5 rings (SSSR count). The number of esters is 1. The minimum absolute atomic E-state index is 0.238. The van der Waals surface area contributed by atoms with Gasteiger partial charge in [0.15, 0.2) is 11.9 Å². The van der Waals surface area contributed by atoms with E-state index in [1.165, 1.54) is 6.92 Å². The molecule has 8 heteroatoms. The fraction of sp³-hybridized carbons (Fsp3) is 0.312. The van der Waals surface area contributed by atoms with E-state index in [1.807, 2.05) is 83.6 Å². The van der Waals surface area contributed by atoms with Crippen LogP contribution in [0.1, 0.15) is 55.2 Å². The van der Waals surface area contributed by atoms with Gasteiger partial charge < -0.3 is 19.3 Å². The van der Waals surface area contributed by atoms with Gasteiger partial charge in [0.25, 0.3) is 0 Å². The molecule has 2 atom stereocenters. The average molecular weight is 579 g/mol. The first kappa shape index (κ1) is 28.4. The Balaban J connectivity index is 1.42. The first-order valence-corrected chi connectivity index (χ1v) is 14.3. The molecule has 0 aliphatic carbocycles. The molecule has 1 aliphatic heterocycles. The number of rotatable bonds is 9. The Bertz CT molecular complexity index is 1420. The second-order valence-corrected chi connectivity index (χ2v) is 11.1. The highest BCUT2D eigenvalue weighted by molar-refractivity contribution is 6.42. The number of hydrogen-bond acceptors (Lipinski definition) is 5. The monoisotopic (exact) mass is 577 g/mol. The molecule has 208 valence electrons. The zero-order chi connectivity index (χ0) is 28.1. The van der Waals surface area contributed by atoms with Gasteiger partial charge in [0.05, 0.1) is 15.6 Å². The molecule has 0 saturated carbocycles. The van der Waals surface area contributed by atoms with Crippen molar-refractivity contribution in [1.82, 2.24) is 14.5 Å². The standard InChI is InChI=1S/C32H33Cl2N3O3/c1-23(38)40-30(31-35-17-21-37(31)26-10-6-3-7-11-26)27(24-12-13-28(33)29(34)22-24)14-18-36-19-15-32(39,16-20-36)25-8-4-2-5-9-25/h2-13,17,21-22,27,30,39H,14-16,18-20H2,1H3. The van der Waals surface area contributed by atoms with E-state index in [2.05, 4.69) is 9.88 Å². The lowest BCUT2D eigenvalue weighted by molar-refractivity contribution is -0.148. The van der Waals surface area contributed by atoms with Gasteiger partial charge in [-0.15, -0.1) is 0 Å². The van der Waals surface area contributed by atoms with Crippen LogP contribution in [-0.2, 0) is 15.1 Å². The lowest BCUT2D eigenvalue weighted by atomic mass is 9.84. The van der Waals surface area contributed by atoms with Crippen molar-refractivity contribution in [3.8, 4) is 5.69 Å². The summed E-state index contributed by atoms with van der Waals surface area (Å²) in [6.45, 7) is 3.69. The summed E-state index contributed by atoms with van der Waals surface area (Å²) in [5.41, 5.74) is 1.99. The van der Waals surface area contributed by atoms with Crippen molar-refractivity contribution >= 4 is 29.2 Å². The molecule has 0 bridgehead atoms. The Kier molecular flexibility index (Phi) is 8.91. The molecule has 40 heavy (non-hydrogen) atoms. The van der Waals surface area contributed by atoms with Gasteiger partial charge in [-0.2, -0.15) is 0 Å². The third kappa shape index (κ3) is 6.42. The largest absolute Gasteiger partial charge is 0.454 e. The van der Waals surface area contributed by atoms with Crippen LogP contribution in [0.2, 0.25) is 10.0 Å². The fourth-order valence-electron chi connectivity index (χ4n) is 5.57. The quantitative estimate of drug-likeness (QED) is 0.218. The number of aliphatic hydroxyl groups is 1. The van der Waals surface area contributed by atoms with Crippen LogP contribution >= 0.6 is 23.2 Å². The maximum Gasteiger partial charge on any atom is 0.303 e. The minimum Gasteiger partial charge on any atom is -0.454 e. The zero-order valence-corrected chi connectivity index (χ0v) is 23.9. The highest BCUT2D eigenvalue weighted by atomic mass is 35.5. The van der Waals surface area contributed by atoms with E-state index in [0.29, 0.717) is 35.1 Å². The Hall–Kier alpha value is -3.16. The molecule has 1 saturated heterocycles. The van der Waals surface area contributed by atoms with Crippen LogP contribution in [0.15, 0.2) is 91.3 Å². The average Bonchev–Trinajstić information content (AvgIpc) is 3.46. The molecule has 1 fully saturated rings. The predicted molar refractivity (Wildman–Crippen MR) is 158 cm³/mol. The van der Waals surface area contributed by atoms with Crippen LogP contribution in [0.4, 0.5) is 0 Å². The summed E-state index contributed by atoms with van der Waals surface area (Å²) in [6.07, 6.45) is 4.93. The van der Waals surface area contributed by atoms with E-state index >= 15 is 0 Å². The highest BCUT2D eigenvalue weighted by Crippen LogP contribution is 2.40. The molecule has 1 N–H and O–H groups in total. The molecule has 2 heterocycles. The van der Waals surface area contributed by atoms with Gasteiger partial charge in [-0.05, 0) is 61.2 Å². The second kappa shape index (κ2) is 12.6. The minimum atomic E-state index is -0.818. The Morgan fingerprint density at radius 3 is 2.33 bits per heavy atom. The van der Waals surface area contributed by atoms with Crippen molar-refractivity contribution < 1.29 is 14.6 Å². The van der Waals surface area contributed by atoms with Crippen molar-refractivity contribution in [2.24, 2.45) is 0 Å². The lowest BCUT2D eigenvalue weighted by Gasteiger charge is -2.39. The first-order valence-electron chi connectivity index (χ1n) is 13.6. The molecule has 0 amide bonds. The number of aromatic nitrogens is 2. The van der Waals surface area contributed by atoms with Crippen molar-refractivity contribution in [3.63, 3.8) is 0 Å². The summed E-state index contributed by atoms with van der Waals surface area (Å²) in [7, 11) is 0. The van der Waals surface area contributed by atoms with Crippen LogP contribution in [0, 0.1) is 0 Å². The predicted octanol–water partition coefficient (Wildman–Crippen LogP) is 6.94. The molecule has 1 aliphatic rings. The van der Waals surface area contributed by atoms with Gasteiger partial charge in [0.2, 0.25) is 0 Å². The molecular formula is C32H33Cl2N3O3. The number of carbonyl (C=O) groups is 1. The van der Waals surface area contributed by atoms with Gasteiger partial charge in [-0.3, -0.25) is 4.79 Å². The molecular weight excluding hydrogens is 545 g/mol. The van der Waals surface area contributed by atoms with Gasteiger partial charge in [-0.25, -0.2) is 4.98 Å². The van der Waals surface area contributed by atoms with Gasteiger partial charge in [0.1, 0.15) is 0 Å². The number of ether oxygens (including phenoxy) is 1. The number of halogens is 2. The number of para-hydroxylation sites is 1. The van der Waals surface area contributed by atoms with Crippen LogP contribution in [0.5, 0.6) is 0 Å². The maximum absolute atomic E-state index is 12.4. The smallest absolute Gasteiger partial charge is 0.303 e. The zero-order valence-electron chi connectivity index (χ0n) is 22.4. The second-order valence-electron chi connectivity index (χ2n) is 10.3. The van der Waals surface area contributed by atoms with E-state index in [4.69, 9.17) is 27.9 Å². The van der Waals surface area contributed by atoms with Crippen LogP contribution < -0.4 is 0 Å². The van der Waals surface area contributed by atoms with Crippen LogP contribution in [0.25, 0.3) is 5.69 Å². The summed E-state index contributed by atoms with van der Waals surface area (Å²) in [4.78, 5) is 19.4. The van der Waals surface area contributed by atoms with Crippen molar-refractivity contribution in [2.45, 2.75) is 43.8 Å². The molecule has 2 unspecified atom stereocenters. The number of likely N-dealkylation sites (tertiary alicyclic amines) is 1. The van der Waals surface area contributed by atoms with Crippen LogP contribution in [-0.4, -0.2) is 45.2 Å². The molecule has 1 aromatic heterocycles. The summed E-state index contributed by atoms with van der Waals surface area (Å²) < 4.78 is 7.97. The Morgan fingerprint density at radius 1 is 1.00 bits per heavy atom. The molecule has 4 aromatic rings. The Labute approximate surface area is 245 Å². The fourth-order valence-corrected chi connectivity index (χ4v) is 5.87. The van der Waals surface area contributed by atoms with E-state index < -0.39 is 11.7 Å². The number of piperidine rings is 1. The maximum atomic E-state index is 12.4. The summed E-state index contributed by atoms with van der Waals surface area (Å²) in [5.74, 6) is 0.0107. The number of imidazole rings is 1. The van der Waals surface area contributed by atoms with Crippen molar-refractivity contribution in [1.29, 1.82) is 0 Å².